The van der Waals surface area contributed by atoms with Gasteiger partial charge in [-0.25, -0.2) is 4.79 Å². The summed E-state index contributed by atoms with van der Waals surface area (Å²) in [6, 6.07) is -0.606. The van der Waals surface area contributed by atoms with Crippen molar-refractivity contribution in [2.24, 2.45) is 0 Å². The summed E-state index contributed by atoms with van der Waals surface area (Å²) in [5.41, 5.74) is 0. The van der Waals surface area contributed by atoms with E-state index in [4.69, 9.17) is 5.11 Å². The van der Waals surface area contributed by atoms with Crippen molar-refractivity contribution in [2.45, 2.75) is 25.6 Å². The van der Waals surface area contributed by atoms with Gasteiger partial charge in [-0.2, -0.15) is 13.2 Å². The van der Waals surface area contributed by atoms with Crippen LogP contribution in [0.15, 0.2) is 0 Å². The Kier molecular flexibility index (Phi) is 5.06. The Bertz CT molecular complexity index is 435. The van der Waals surface area contributed by atoms with Gasteiger partial charge in [-0.1, -0.05) is 11.3 Å². The molecular weight excluding hydrogens is 285 g/mol. The number of aromatic nitrogens is 2. The van der Waals surface area contributed by atoms with Crippen LogP contribution in [-0.4, -0.2) is 45.9 Å². The molecule has 6 nitrogen and oxygen atoms in total. The van der Waals surface area contributed by atoms with E-state index in [9.17, 15) is 18.0 Å². The number of aliphatic hydroxyl groups is 1. The van der Waals surface area contributed by atoms with Gasteiger partial charge in [-0.15, -0.1) is 10.2 Å². The number of alkyl halides is 3. The number of halogens is 3. The predicted molar refractivity (Wildman–Crippen MR) is 62.9 cm³/mol. The van der Waals surface area contributed by atoms with Crippen molar-refractivity contribution in [1.82, 2.24) is 15.1 Å². The van der Waals surface area contributed by atoms with Crippen molar-refractivity contribution in [1.29, 1.82) is 0 Å². The summed E-state index contributed by atoms with van der Waals surface area (Å²) in [4.78, 5) is 12.8. The first-order chi connectivity index (χ1) is 8.70. The smallest absolute Gasteiger partial charge is 0.393 e. The summed E-state index contributed by atoms with van der Waals surface area (Å²) in [5.74, 6) is 0. The van der Waals surface area contributed by atoms with Crippen molar-refractivity contribution in [2.75, 3.05) is 18.9 Å². The number of carbonyl (C=O) groups is 1. The number of anilines is 1. The van der Waals surface area contributed by atoms with Gasteiger partial charge in [0.15, 0.2) is 0 Å². The first-order valence-corrected chi connectivity index (χ1v) is 6.12. The largest absolute Gasteiger partial charge is 0.445 e. The van der Waals surface area contributed by atoms with Crippen LogP contribution in [0.3, 0.4) is 0 Å². The van der Waals surface area contributed by atoms with Gasteiger partial charge in [0.25, 0.3) is 0 Å². The summed E-state index contributed by atoms with van der Waals surface area (Å²) < 4.78 is 36.8. The Morgan fingerprint density at radius 3 is 2.63 bits per heavy atom. The van der Waals surface area contributed by atoms with Gasteiger partial charge in [-0.3, -0.25) is 5.32 Å². The normalized spacial score (nSPS) is 13.2. The number of nitrogens with one attached hydrogen (secondary N) is 1. The molecule has 0 fully saturated rings. The highest BCUT2D eigenvalue weighted by molar-refractivity contribution is 7.15. The van der Waals surface area contributed by atoms with E-state index in [0.29, 0.717) is 6.42 Å². The minimum atomic E-state index is -4.57. The standard InChI is InChI=1S/C9H13F3N4O2S/c1-5(17)3-4-16(2)8(18)13-7-15-14-6(19-7)9(10,11)12/h5,17H,3-4H2,1-2H3,(H,13,15,18). The van der Waals surface area contributed by atoms with E-state index in [2.05, 4.69) is 15.5 Å². The summed E-state index contributed by atoms with van der Waals surface area (Å²) in [7, 11) is 1.46. The van der Waals surface area contributed by atoms with Gasteiger partial charge >= 0.3 is 12.2 Å². The summed E-state index contributed by atoms with van der Waals surface area (Å²) in [6.45, 7) is 1.85. The number of nitrogens with zero attached hydrogens (tertiary/aromatic N) is 3. The second-order valence-corrected chi connectivity index (χ2v) is 4.88. The molecule has 1 rings (SSSR count). The average Bonchev–Trinajstić information content (AvgIpc) is 2.73. The molecule has 0 aliphatic rings. The number of hydrogen-bond acceptors (Lipinski definition) is 5. The van der Waals surface area contributed by atoms with Crippen LogP contribution < -0.4 is 5.32 Å². The number of carbonyl (C=O) groups excluding carboxylic acids is 1. The molecule has 0 radical (unpaired) electrons. The van der Waals surface area contributed by atoms with Crippen LogP contribution >= 0.6 is 11.3 Å². The van der Waals surface area contributed by atoms with Gasteiger partial charge in [-0.05, 0) is 13.3 Å². The van der Waals surface area contributed by atoms with Crippen LogP contribution in [0.1, 0.15) is 18.4 Å². The molecule has 0 aliphatic heterocycles. The molecule has 0 saturated heterocycles. The van der Waals surface area contributed by atoms with Crippen LogP contribution in [0.2, 0.25) is 0 Å². The molecule has 0 saturated carbocycles. The predicted octanol–water partition coefficient (Wildman–Crippen LogP) is 1.79. The molecule has 19 heavy (non-hydrogen) atoms. The molecule has 10 heteroatoms. The average molecular weight is 298 g/mol. The molecule has 1 unspecified atom stereocenters. The Balaban J connectivity index is 2.55. The Labute approximate surface area is 111 Å². The van der Waals surface area contributed by atoms with Crippen molar-refractivity contribution < 1.29 is 23.1 Å². The molecule has 2 N–H and O–H groups in total. The Morgan fingerprint density at radius 2 is 2.16 bits per heavy atom. The number of amides is 2. The summed E-state index contributed by atoms with van der Waals surface area (Å²) in [5, 5.41) is 16.1. The van der Waals surface area contributed by atoms with E-state index in [-0.39, 0.29) is 23.0 Å². The molecule has 1 heterocycles. The lowest BCUT2D eigenvalue weighted by atomic mass is 10.3. The summed E-state index contributed by atoms with van der Waals surface area (Å²) in [6.07, 6.45) is -4.76. The fourth-order valence-corrected chi connectivity index (χ4v) is 1.66. The molecule has 2 amide bonds. The fourth-order valence-electron chi connectivity index (χ4n) is 1.06. The first kappa shape index (κ1) is 15.6. The second-order valence-electron chi connectivity index (χ2n) is 3.90. The van der Waals surface area contributed by atoms with Crippen LogP contribution in [0.5, 0.6) is 0 Å². The zero-order valence-corrected chi connectivity index (χ0v) is 11.0. The minimum absolute atomic E-state index is 0.221. The van der Waals surface area contributed by atoms with Crippen molar-refractivity contribution in [3.05, 3.63) is 5.01 Å². The van der Waals surface area contributed by atoms with Gasteiger partial charge in [0.1, 0.15) is 0 Å². The second kappa shape index (κ2) is 6.15. The molecular formula is C9H13F3N4O2S. The Morgan fingerprint density at radius 1 is 1.53 bits per heavy atom. The van der Waals surface area contributed by atoms with Crippen LogP contribution in [0.25, 0.3) is 0 Å². The quantitative estimate of drug-likeness (QED) is 0.888. The SMILES string of the molecule is CC(O)CCN(C)C(=O)Nc1nnc(C(F)(F)F)s1. The minimum Gasteiger partial charge on any atom is -0.393 e. The molecule has 1 aromatic heterocycles. The van der Waals surface area contributed by atoms with Crippen molar-refractivity contribution in [3.8, 4) is 0 Å². The zero-order valence-electron chi connectivity index (χ0n) is 10.2. The van der Waals surface area contributed by atoms with Crippen LogP contribution in [0.4, 0.5) is 23.1 Å². The van der Waals surface area contributed by atoms with Gasteiger partial charge in [0, 0.05) is 13.6 Å². The topological polar surface area (TPSA) is 78.4 Å². The van der Waals surface area contributed by atoms with E-state index >= 15 is 0 Å². The number of rotatable bonds is 4. The van der Waals surface area contributed by atoms with Crippen LogP contribution in [-0.2, 0) is 6.18 Å². The maximum atomic E-state index is 12.3. The number of hydrogen-bond donors (Lipinski definition) is 2. The van der Waals surface area contributed by atoms with Gasteiger partial charge in [0.2, 0.25) is 10.1 Å². The van der Waals surface area contributed by atoms with E-state index in [0.717, 1.165) is 0 Å². The maximum Gasteiger partial charge on any atom is 0.445 e. The number of aliphatic hydroxyl groups excluding tert-OH is 1. The van der Waals surface area contributed by atoms with E-state index in [1.54, 1.807) is 6.92 Å². The fraction of sp³-hybridized carbons (Fsp3) is 0.667. The monoisotopic (exact) mass is 298 g/mol. The Hall–Kier alpha value is -1.42. The lowest BCUT2D eigenvalue weighted by Crippen LogP contribution is -2.33. The maximum absolute atomic E-state index is 12.3. The van der Waals surface area contributed by atoms with Crippen molar-refractivity contribution >= 4 is 22.5 Å². The van der Waals surface area contributed by atoms with E-state index in [1.807, 2.05) is 0 Å². The van der Waals surface area contributed by atoms with Gasteiger partial charge < -0.3 is 10.0 Å². The molecule has 0 aliphatic carbocycles. The van der Waals surface area contributed by atoms with E-state index in [1.165, 1.54) is 11.9 Å². The summed E-state index contributed by atoms with van der Waals surface area (Å²) >= 11 is 0.255. The highest BCUT2D eigenvalue weighted by atomic mass is 32.1. The molecule has 0 spiro atoms. The zero-order chi connectivity index (χ0) is 14.6. The lowest BCUT2D eigenvalue weighted by molar-refractivity contribution is -0.138. The van der Waals surface area contributed by atoms with Gasteiger partial charge in [0.05, 0.1) is 6.10 Å². The lowest BCUT2D eigenvalue weighted by Gasteiger charge is -2.17. The first-order valence-electron chi connectivity index (χ1n) is 5.31. The van der Waals surface area contributed by atoms with E-state index < -0.39 is 23.3 Å². The molecule has 108 valence electrons. The molecule has 0 aromatic carbocycles. The third kappa shape index (κ3) is 4.99. The molecule has 1 aromatic rings. The molecule has 1 atom stereocenters. The highest BCUT2D eigenvalue weighted by Gasteiger charge is 2.35. The molecule has 0 bridgehead atoms. The third-order valence-electron chi connectivity index (χ3n) is 2.11. The third-order valence-corrected chi connectivity index (χ3v) is 2.99. The van der Waals surface area contributed by atoms with Crippen LogP contribution in [0, 0.1) is 0 Å². The van der Waals surface area contributed by atoms with Crippen molar-refractivity contribution in [3.63, 3.8) is 0 Å². The highest BCUT2D eigenvalue weighted by Crippen LogP contribution is 2.32. The number of urea groups is 1.